The van der Waals surface area contributed by atoms with E-state index in [1.54, 1.807) is 6.07 Å². The molecule has 94 valence electrons. The van der Waals surface area contributed by atoms with Gasteiger partial charge in [0.05, 0.1) is 11.8 Å². The number of nitrogens with one attached hydrogen (secondary N) is 1. The Morgan fingerprint density at radius 3 is 2.65 bits per heavy atom. The fraction of sp³-hybridized carbons (Fsp3) is 0.455. The molecule has 17 heavy (non-hydrogen) atoms. The Morgan fingerprint density at radius 1 is 1.59 bits per heavy atom. The summed E-state index contributed by atoms with van der Waals surface area (Å²) in [7, 11) is 0. The minimum Gasteiger partial charge on any atom is -0.472 e. The van der Waals surface area contributed by atoms with Crippen molar-refractivity contribution in [3.8, 4) is 0 Å². The van der Waals surface area contributed by atoms with E-state index >= 15 is 0 Å². The molecule has 0 aliphatic heterocycles. The van der Waals surface area contributed by atoms with Crippen LogP contribution in [0, 0.1) is 0 Å². The van der Waals surface area contributed by atoms with E-state index in [1.165, 1.54) is 12.5 Å². The molecule has 4 N–H and O–H groups in total. The second-order valence-corrected chi connectivity index (χ2v) is 3.74. The van der Waals surface area contributed by atoms with Crippen molar-refractivity contribution in [2.24, 2.45) is 10.9 Å². The van der Waals surface area contributed by atoms with Crippen LogP contribution in [0.25, 0.3) is 0 Å². The molecule has 0 unspecified atom stereocenters. The highest BCUT2D eigenvalue weighted by molar-refractivity contribution is 6.00. The molecular formula is C11H17N3O3. The molecule has 0 spiro atoms. The van der Waals surface area contributed by atoms with Gasteiger partial charge in [0, 0.05) is 0 Å². The van der Waals surface area contributed by atoms with Gasteiger partial charge < -0.3 is 20.7 Å². The van der Waals surface area contributed by atoms with Crippen LogP contribution in [0.5, 0.6) is 0 Å². The molecule has 0 fully saturated rings. The van der Waals surface area contributed by atoms with Crippen LogP contribution in [0.2, 0.25) is 0 Å². The average Bonchev–Trinajstić information content (AvgIpc) is 2.88. The van der Waals surface area contributed by atoms with Crippen molar-refractivity contribution in [1.82, 2.24) is 5.32 Å². The molecule has 0 aliphatic carbocycles. The van der Waals surface area contributed by atoms with Gasteiger partial charge in [-0.1, -0.05) is 19.0 Å². The summed E-state index contributed by atoms with van der Waals surface area (Å²) in [6.07, 6.45) is 3.82. The SMILES string of the molecule is CCC(CC)(NC(=O)c1ccoc1)/C(N)=N/O. The van der Waals surface area contributed by atoms with E-state index in [4.69, 9.17) is 15.4 Å². The van der Waals surface area contributed by atoms with E-state index < -0.39 is 5.54 Å². The lowest BCUT2D eigenvalue weighted by molar-refractivity contribution is 0.0917. The second-order valence-electron chi connectivity index (χ2n) is 3.74. The Kier molecular flexibility index (Phi) is 4.14. The maximum Gasteiger partial charge on any atom is 0.255 e. The highest BCUT2D eigenvalue weighted by Gasteiger charge is 2.33. The van der Waals surface area contributed by atoms with Crippen LogP contribution in [0.1, 0.15) is 37.0 Å². The van der Waals surface area contributed by atoms with Gasteiger partial charge >= 0.3 is 0 Å². The molecule has 0 aromatic carbocycles. The third-order valence-electron chi connectivity index (χ3n) is 2.94. The van der Waals surface area contributed by atoms with Crippen molar-refractivity contribution in [3.05, 3.63) is 24.2 Å². The third kappa shape index (κ3) is 2.58. The first-order valence-electron chi connectivity index (χ1n) is 5.42. The summed E-state index contributed by atoms with van der Waals surface area (Å²) in [6.45, 7) is 3.72. The molecule has 1 aromatic rings. The first-order chi connectivity index (χ1) is 8.09. The van der Waals surface area contributed by atoms with Gasteiger partial charge in [-0.05, 0) is 18.9 Å². The van der Waals surface area contributed by atoms with Gasteiger partial charge in [-0.2, -0.15) is 0 Å². The largest absolute Gasteiger partial charge is 0.472 e. The lowest BCUT2D eigenvalue weighted by Gasteiger charge is -2.31. The standard InChI is InChI=1S/C11H17N3O3/c1-3-11(4-2,10(12)14-16)13-9(15)8-5-6-17-7-8/h5-7,16H,3-4H2,1-2H3,(H2,12,14)(H,13,15). The number of oxime groups is 1. The van der Waals surface area contributed by atoms with Gasteiger partial charge in [0.25, 0.3) is 5.91 Å². The van der Waals surface area contributed by atoms with Crippen molar-refractivity contribution in [2.45, 2.75) is 32.2 Å². The summed E-state index contributed by atoms with van der Waals surface area (Å²) >= 11 is 0. The van der Waals surface area contributed by atoms with Gasteiger partial charge in [0.2, 0.25) is 0 Å². The Bertz CT molecular complexity index is 394. The van der Waals surface area contributed by atoms with Crippen molar-refractivity contribution < 1.29 is 14.4 Å². The number of carbonyl (C=O) groups is 1. The van der Waals surface area contributed by atoms with Crippen LogP contribution < -0.4 is 11.1 Å². The van der Waals surface area contributed by atoms with Crippen LogP contribution in [0.15, 0.2) is 28.2 Å². The highest BCUT2D eigenvalue weighted by atomic mass is 16.4. The molecule has 0 aliphatic rings. The van der Waals surface area contributed by atoms with Crippen LogP contribution in [-0.2, 0) is 0 Å². The summed E-state index contributed by atoms with van der Waals surface area (Å²) < 4.78 is 4.83. The van der Waals surface area contributed by atoms with E-state index in [1.807, 2.05) is 13.8 Å². The number of furan rings is 1. The second kappa shape index (κ2) is 5.38. The Hall–Kier alpha value is -1.98. The molecule has 0 saturated heterocycles. The highest BCUT2D eigenvalue weighted by Crippen LogP contribution is 2.16. The smallest absolute Gasteiger partial charge is 0.255 e. The van der Waals surface area contributed by atoms with Crippen LogP contribution in [0.4, 0.5) is 0 Å². The van der Waals surface area contributed by atoms with Gasteiger partial charge in [-0.3, -0.25) is 4.79 Å². The maximum atomic E-state index is 11.9. The quantitative estimate of drug-likeness (QED) is 0.312. The first kappa shape index (κ1) is 13.1. The number of rotatable bonds is 5. The van der Waals surface area contributed by atoms with E-state index in [0.29, 0.717) is 18.4 Å². The number of hydrogen-bond donors (Lipinski definition) is 3. The molecule has 1 amide bonds. The summed E-state index contributed by atoms with van der Waals surface area (Å²) in [5.41, 5.74) is 5.21. The minimum absolute atomic E-state index is 0.000607. The molecule has 0 radical (unpaired) electrons. The summed E-state index contributed by atoms with van der Waals surface area (Å²) in [6, 6.07) is 1.55. The average molecular weight is 239 g/mol. The normalized spacial score (nSPS) is 12.5. The lowest BCUT2D eigenvalue weighted by Crippen LogP contribution is -2.56. The fourth-order valence-corrected chi connectivity index (χ4v) is 1.63. The van der Waals surface area contributed by atoms with Crippen LogP contribution in [0.3, 0.4) is 0 Å². The molecule has 1 heterocycles. The van der Waals surface area contributed by atoms with E-state index in [2.05, 4.69) is 10.5 Å². The third-order valence-corrected chi connectivity index (χ3v) is 2.94. The zero-order valence-corrected chi connectivity index (χ0v) is 9.93. The Morgan fingerprint density at radius 2 is 2.24 bits per heavy atom. The topological polar surface area (TPSA) is 101 Å². The van der Waals surface area contributed by atoms with Crippen molar-refractivity contribution in [2.75, 3.05) is 0 Å². The molecule has 0 bridgehead atoms. The predicted octanol–water partition coefficient (Wildman–Crippen LogP) is 1.31. The van der Waals surface area contributed by atoms with Crippen molar-refractivity contribution in [1.29, 1.82) is 0 Å². The van der Waals surface area contributed by atoms with Gasteiger partial charge in [-0.15, -0.1) is 0 Å². The monoisotopic (exact) mass is 239 g/mol. The molecule has 1 aromatic heterocycles. The van der Waals surface area contributed by atoms with Gasteiger partial charge in [0.15, 0.2) is 5.84 Å². The minimum atomic E-state index is -0.830. The molecular weight excluding hydrogens is 222 g/mol. The van der Waals surface area contributed by atoms with Crippen LogP contribution >= 0.6 is 0 Å². The Balaban J connectivity index is 2.91. The summed E-state index contributed by atoms with van der Waals surface area (Å²) in [4.78, 5) is 11.9. The lowest BCUT2D eigenvalue weighted by atomic mass is 9.91. The zero-order valence-electron chi connectivity index (χ0n) is 9.93. The first-order valence-corrected chi connectivity index (χ1v) is 5.42. The van der Waals surface area contributed by atoms with Crippen molar-refractivity contribution in [3.63, 3.8) is 0 Å². The predicted molar refractivity (Wildman–Crippen MR) is 62.9 cm³/mol. The van der Waals surface area contributed by atoms with Gasteiger partial charge in [-0.25, -0.2) is 0 Å². The Labute approximate surface area is 99.5 Å². The molecule has 1 rings (SSSR count). The molecule has 0 atom stereocenters. The summed E-state index contributed by atoms with van der Waals surface area (Å²) in [5.74, 6) is -0.312. The summed E-state index contributed by atoms with van der Waals surface area (Å²) in [5, 5.41) is 14.5. The number of amides is 1. The molecule has 0 saturated carbocycles. The van der Waals surface area contributed by atoms with E-state index in [0.717, 1.165) is 0 Å². The van der Waals surface area contributed by atoms with Crippen molar-refractivity contribution >= 4 is 11.7 Å². The number of hydrogen-bond acceptors (Lipinski definition) is 4. The maximum absolute atomic E-state index is 11.9. The van der Waals surface area contributed by atoms with E-state index in [9.17, 15) is 4.79 Å². The van der Waals surface area contributed by atoms with Crippen LogP contribution in [-0.4, -0.2) is 22.5 Å². The van der Waals surface area contributed by atoms with E-state index in [-0.39, 0.29) is 11.7 Å². The number of carbonyl (C=O) groups excluding carboxylic acids is 1. The molecule has 6 nitrogen and oxygen atoms in total. The van der Waals surface area contributed by atoms with Gasteiger partial charge in [0.1, 0.15) is 11.8 Å². The zero-order chi connectivity index (χ0) is 12.9. The number of amidine groups is 1. The number of nitrogens with zero attached hydrogens (tertiary/aromatic N) is 1. The molecule has 6 heteroatoms. The fourth-order valence-electron chi connectivity index (χ4n) is 1.63. The number of nitrogens with two attached hydrogens (primary N) is 1.